The number of hydrogen-bond donors (Lipinski definition) is 2. The Bertz CT molecular complexity index is 701. The molecule has 0 aliphatic carbocycles. The first-order valence-corrected chi connectivity index (χ1v) is 8.13. The van der Waals surface area contributed by atoms with Crippen LogP contribution >= 0.6 is 0 Å². The molecule has 0 saturated carbocycles. The molecule has 0 saturated heterocycles. The van der Waals surface area contributed by atoms with Crippen LogP contribution in [0.5, 0.6) is 0 Å². The number of furan rings is 1. The third-order valence-corrected chi connectivity index (χ3v) is 3.93. The first-order chi connectivity index (χ1) is 11.4. The third-order valence-electron chi connectivity index (χ3n) is 3.93. The van der Waals surface area contributed by atoms with E-state index in [1.165, 1.54) is 0 Å². The molecule has 0 bridgehead atoms. The molecular weight excluding hydrogens is 308 g/mol. The van der Waals surface area contributed by atoms with Gasteiger partial charge in [-0.1, -0.05) is 0 Å². The van der Waals surface area contributed by atoms with Gasteiger partial charge in [0.25, 0.3) is 5.91 Å². The largest absolute Gasteiger partial charge is 0.469 e. The van der Waals surface area contributed by atoms with Gasteiger partial charge in [0.05, 0.1) is 18.4 Å². The van der Waals surface area contributed by atoms with Gasteiger partial charge in [0.1, 0.15) is 11.5 Å². The molecule has 0 aromatic carbocycles. The van der Waals surface area contributed by atoms with Crippen molar-refractivity contribution in [2.24, 2.45) is 0 Å². The summed E-state index contributed by atoms with van der Waals surface area (Å²) in [5.74, 6) is 0.265. The second-order valence-electron chi connectivity index (χ2n) is 5.84. The average molecular weight is 332 g/mol. The fourth-order valence-corrected chi connectivity index (χ4v) is 2.68. The summed E-state index contributed by atoms with van der Waals surface area (Å²) in [7, 11) is 0. The molecule has 130 valence electrons. The second kappa shape index (κ2) is 7.86. The number of aromatic amines is 1. The number of carbonyl (C=O) groups excluding carboxylic acids is 2. The number of carbonyl (C=O) groups is 2. The van der Waals surface area contributed by atoms with E-state index in [1.54, 1.807) is 27.0 Å². The summed E-state index contributed by atoms with van der Waals surface area (Å²) in [4.78, 5) is 27.4. The second-order valence-corrected chi connectivity index (χ2v) is 5.84. The predicted octanol–water partition coefficient (Wildman–Crippen LogP) is 3.15. The van der Waals surface area contributed by atoms with E-state index < -0.39 is 5.97 Å². The zero-order valence-electron chi connectivity index (χ0n) is 14.6. The van der Waals surface area contributed by atoms with Gasteiger partial charge in [-0.25, -0.2) is 4.79 Å². The van der Waals surface area contributed by atoms with Gasteiger partial charge in [-0.15, -0.1) is 0 Å². The van der Waals surface area contributed by atoms with Crippen LogP contribution in [0.25, 0.3) is 0 Å². The van der Waals surface area contributed by atoms with Gasteiger partial charge in [0.2, 0.25) is 0 Å². The number of nitrogens with one attached hydrogen (secondary N) is 2. The van der Waals surface area contributed by atoms with Crippen LogP contribution in [0, 0.1) is 13.8 Å². The number of esters is 1. The van der Waals surface area contributed by atoms with Crippen molar-refractivity contribution in [3.05, 3.63) is 46.7 Å². The Kier molecular flexibility index (Phi) is 5.84. The number of aryl methyl sites for hydroxylation is 2. The maximum absolute atomic E-state index is 12.5. The zero-order valence-corrected chi connectivity index (χ0v) is 14.6. The van der Waals surface area contributed by atoms with Crippen LogP contribution in [0.2, 0.25) is 0 Å². The minimum Gasteiger partial charge on any atom is -0.469 e. The van der Waals surface area contributed by atoms with Gasteiger partial charge < -0.3 is 19.5 Å². The summed E-state index contributed by atoms with van der Waals surface area (Å²) >= 11 is 0. The van der Waals surface area contributed by atoms with Crippen LogP contribution in [0.4, 0.5) is 0 Å². The van der Waals surface area contributed by atoms with Crippen LogP contribution in [0.15, 0.2) is 22.8 Å². The predicted molar refractivity (Wildman–Crippen MR) is 90.2 cm³/mol. The lowest BCUT2D eigenvalue weighted by Crippen LogP contribution is -2.33. The van der Waals surface area contributed by atoms with Crippen LogP contribution < -0.4 is 5.32 Å². The molecular formula is C18H24N2O4. The minimum absolute atomic E-state index is 0.0117. The Balaban J connectivity index is 2.02. The molecule has 24 heavy (non-hydrogen) atoms. The maximum Gasteiger partial charge on any atom is 0.355 e. The minimum atomic E-state index is -0.442. The van der Waals surface area contributed by atoms with E-state index >= 15 is 0 Å². The van der Waals surface area contributed by atoms with Crippen molar-refractivity contribution in [1.29, 1.82) is 0 Å². The Morgan fingerprint density at radius 1 is 1.38 bits per heavy atom. The molecule has 6 nitrogen and oxygen atoms in total. The average Bonchev–Trinajstić information content (AvgIpc) is 3.13. The Labute approximate surface area is 141 Å². The van der Waals surface area contributed by atoms with Gasteiger partial charge in [-0.05, 0) is 51.8 Å². The molecule has 0 spiro atoms. The molecule has 6 heteroatoms. The fourth-order valence-electron chi connectivity index (χ4n) is 2.68. The van der Waals surface area contributed by atoms with Gasteiger partial charge >= 0.3 is 5.97 Å². The van der Waals surface area contributed by atoms with Crippen molar-refractivity contribution in [1.82, 2.24) is 10.3 Å². The molecule has 2 aromatic rings. The molecule has 0 unspecified atom stereocenters. The van der Waals surface area contributed by atoms with E-state index in [2.05, 4.69) is 10.3 Å². The quantitative estimate of drug-likeness (QED) is 0.763. The number of aromatic nitrogens is 1. The lowest BCUT2D eigenvalue weighted by molar-refractivity contribution is 0.0519. The van der Waals surface area contributed by atoms with Crippen molar-refractivity contribution in [2.45, 2.75) is 46.6 Å². The van der Waals surface area contributed by atoms with E-state index in [1.807, 2.05) is 19.1 Å². The Hall–Kier alpha value is -2.50. The Morgan fingerprint density at radius 3 is 2.75 bits per heavy atom. The monoisotopic (exact) mass is 332 g/mol. The summed E-state index contributed by atoms with van der Waals surface area (Å²) in [6.45, 7) is 7.51. The number of rotatable bonds is 7. The first kappa shape index (κ1) is 17.8. The molecule has 1 atom stereocenters. The molecule has 1 amide bonds. The topological polar surface area (TPSA) is 84.3 Å². The standard InChI is InChI=1S/C18H24N2O4/c1-5-23-18(22)16-12(3)15(13(4)20-16)17(21)19-11(2)8-9-14-7-6-10-24-14/h6-7,10-11,20H,5,8-9H2,1-4H3,(H,19,21)/t11-/m0/s1. The smallest absolute Gasteiger partial charge is 0.355 e. The van der Waals surface area contributed by atoms with E-state index in [4.69, 9.17) is 9.15 Å². The zero-order chi connectivity index (χ0) is 17.7. The molecule has 0 fully saturated rings. The third kappa shape index (κ3) is 4.07. The van der Waals surface area contributed by atoms with Crippen molar-refractivity contribution in [2.75, 3.05) is 6.61 Å². The van der Waals surface area contributed by atoms with Gasteiger partial charge in [-0.2, -0.15) is 0 Å². The number of H-pyrrole nitrogens is 1. The molecule has 0 aliphatic heterocycles. The number of hydrogen-bond acceptors (Lipinski definition) is 4. The Morgan fingerprint density at radius 2 is 2.12 bits per heavy atom. The first-order valence-electron chi connectivity index (χ1n) is 8.13. The van der Waals surface area contributed by atoms with E-state index in [9.17, 15) is 9.59 Å². The van der Waals surface area contributed by atoms with E-state index in [-0.39, 0.29) is 11.9 Å². The summed E-state index contributed by atoms with van der Waals surface area (Å²) in [6, 6.07) is 3.75. The fraction of sp³-hybridized carbons (Fsp3) is 0.444. The van der Waals surface area contributed by atoms with E-state index in [0.29, 0.717) is 29.1 Å². The van der Waals surface area contributed by atoms with Crippen molar-refractivity contribution in [3.63, 3.8) is 0 Å². The summed E-state index contributed by atoms with van der Waals surface area (Å²) in [6.07, 6.45) is 3.17. The van der Waals surface area contributed by atoms with Crippen molar-refractivity contribution in [3.8, 4) is 0 Å². The van der Waals surface area contributed by atoms with Crippen LogP contribution in [0.1, 0.15) is 58.1 Å². The van der Waals surface area contributed by atoms with Crippen molar-refractivity contribution < 1.29 is 18.7 Å². The molecule has 0 aliphatic rings. The summed E-state index contributed by atoms with van der Waals surface area (Å²) in [5.41, 5.74) is 2.11. The lowest BCUT2D eigenvalue weighted by atomic mass is 10.1. The van der Waals surface area contributed by atoms with Crippen molar-refractivity contribution >= 4 is 11.9 Å². The maximum atomic E-state index is 12.5. The molecule has 0 radical (unpaired) electrons. The normalized spacial score (nSPS) is 12.0. The summed E-state index contributed by atoms with van der Waals surface area (Å²) < 4.78 is 10.3. The number of ether oxygens (including phenoxy) is 1. The molecule has 2 heterocycles. The highest BCUT2D eigenvalue weighted by atomic mass is 16.5. The number of amides is 1. The molecule has 2 rings (SSSR count). The van der Waals surface area contributed by atoms with Gasteiger partial charge in [0, 0.05) is 18.2 Å². The molecule has 2 N–H and O–H groups in total. The SMILES string of the molecule is CCOC(=O)c1[nH]c(C)c(C(=O)N[C@@H](C)CCc2ccco2)c1C. The highest BCUT2D eigenvalue weighted by Crippen LogP contribution is 2.19. The highest BCUT2D eigenvalue weighted by molar-refractivity contribution is 6.01. The van der Waals surface area contributed by atoms with Crippen LogP contribution in [-0.4, -0.2) is 29.5 Å². The van der Waals surface area contributed by atoms with Gasteiger partial charge in [0.15, 0.2) is 0 Å². The van der Waals surface area contributed by atoms with E-state index in [0.717, 1.165) is 18.6 Å². The molecule has 2 aromatic heterocycles. The lowest BCUT2D eigenvalue weighted by Gasteiger charge is -2.13. The highest BCUT2D eigenvalue weighted by Gasteiger charge is 2.23. The summed E-state index contributed by atoms with van der Waals surface area (Å²) in [5, 5.41) is 2.97. The van der Waals surface area contributed by atoms with Gasteiger partial charge in [-0.3, -0.25) is 4.79 Å². The van der Waals surface area contributed by atoms with Crippen LogP contribution in [0.3, 0.4) is 0 Å². The van der Waals surface area contributed by atoms with Crippen LogP contribution in [-0.2, 0) is 11.2 Å².